The highest BCUT2D eigenvalue weighted by Crippen LogP contribution is 2.39. The van der Waals surface area contributed by atoms with E-state index in [2.05, 4.69) is 38.3 Å². The number of nitrogens with zero attached hydrogens (tertiary/aromatic N) is 3. The Morgan fingerprint density at radius 1 is 1.46 bits per heavy atom. The Morgan fingerprint density at radius 3 is 2.75 bits per heavy atom. The zero-order valence-corrected chi connectivity index (χ0v) is 17.1. The van der Waals surface area contributed by atoms with Gasteiger partial charge < -0.3 is 14.2 Å². The minimum atomic E-state index is -0.467. The number of pyridine rings is 1. The lowest BCUT2D eigenvalue weighted by Gasteiger charge is -2.42. The highest BCUT2D eigenvalue weighted by Gasteiger charge is 2.37. The largest absolute Gasteiger partial charge is 0.444 e. The molecule has 2 aromatic rings. The molecule has 130 valence electrons. The predicted octanol–water partition coefficient (Wildman–Crippen LogP) is 4.86. The van der Waals surface area contributed by atoms with E-state index in [1.54, 1.807) is 4.90 Å². The summed E-state index contributed by atoms with van der Waals surface area (Å²) in [5, 5.41) is 1.61. The van der Waals surface area contributed by atoms with Crippen LogP contribution in [0.4, 0.5) is 4.79 Å². The topological polar surface area (TPSA) is 47.4 Å². The van der Waals surface area contributed by atoms with E-state index in [9.17, 15) is 4.79 Å². The van der Waals surface area contributed by atoms with Gasteiger partial charge in [0.25, 0.3) is 0 Å². The average Bonchev–Trinajstić information content (AvgIpc) is 2.72. The summed E-state index contributed by atoms with van der Waals surface area (Å²) in [5.74, 6) is 0. The number of amides is 1. The van der Waals surface area contributed by atoms with Crippen molar-refractivity contribution < 1.29 is 9.53 Å². The molecule has 1 saturated carbocycles. The summed E-state index contributed by atoms with van der Waals surface area (Å²) >= 11 is 8.37. The maximum Gasteiger partial charge on any atom is 0.410 e. The first-order chi connectivity index (χ1) is 11.2. The van der Waals surface area contributed by atoms with Crippen molar-refractivity contribution in [2.45, 2.75) is 51.3 Å². The number of fused-ring (bicyclic) bond motifs is 1. The number of carbonyl (C=O) groups is 1. The lowest BCUT2D eigenvalue weighted by atomic mass is 9.85. The second-order valence-electron chi connectivity index (χ2n) is 7.28. The number of ether oxygens (including phenoxy) is 1. The zero-order valence-electron chi connectivity index (χ0n) is 14.2. The molecule has 24 heavy (non-hydrogen) atoms. The van der Waals surface area contributed by atoms with Gasteiger partial charge in [-0.05, 0) is 62.3 Å². The van der Waals surface area contributed by atoms with Gasteiger partial charge in [-0.2, -0.15) is 0 Å². The minimum Gasteiger partial charge on any atom is -0.444 e. The van der Waals surface area contributed by atoms with Gasteiger partial charge in [-0.25, -0.2) is 9.78 Å². The van der Waals surface area contributed by atoms with Crippen LogP contribution in [0.15, 0.2) is 18.5 Å². The summed E-state index contributed by atoms with van der Waals surface area (Å²) in [6, 6.07) is 2.48. The van der Waals surface area contributed by atoms with Crippen LogP contribution in [0.5, 0.6) is 0 Å². The van der Waals surface area contributed by atoms with Crippen molar-refractivity contribution in [1.29, 1.82) is 0 Å². The lowest BCUT2D eigenvalue weighted by Crippen LogP contribution is -2.47. The Kier molecular flexibility index (Phi) is 4.72. The number of carbonyl (C=O) groups excluding carboxylic acids is 1. The molecule has 0 unspecified atom stereocenters. The van der Waals surface area contributed by atoms with Crippen molar-refractivity contribution in [1.82, 2.24) is 14.5 Å². The maximum absolute atomic E-state index is 12.2. The number of hydrogen-bond donors (Lipinski definition) is 0. The summed E-state index contributed by atoms with van der Waals surface area (Å²) in [5.41, 5.74) is 0.633. The Bertz CT molecular complexity index is 778. The fourth-order valence-electron chi connectivity index (χ4n) is 2.97. The van der Waals surface area contributed by atoms with E-state index in [0.29, 0.717) is 11.2 Å². The van der Waals surface area contributed by atoms with Gasteiger partial charge in [-0.15, -0.1) is 0 Å². The normalized spacial score (nSPS) is 20.8. The number of aromatic nitrogens is 2. The van der Waals surface area contributed by atoms with Crippen LogP contribution in [-0.2, 0) is 4.74 Å². The molecule has 0 bridgehead atoms. The van der Waals surface area contributed by atoms with E-state index >= 15 is 0 Å². The van der Waals surface area contributed by atoms with Crippen LogP contribution in [0.25, 0.3) is 10.9 Å². The highest BCUT2D eigenvalue weighted by molar-refractivity contribution is 14.1. The molecule has 0 atom stereocenters. The smallest absolute Gasteiger partial charge is 0.410 e. The van der Waals surface area contributed by atoms with Crippen LogP contribution < -0.4 is 0 Å². The van der Waals surface area contributed by atoms with Crippen LogP contribution in [0.2, 0.25) is 5.15 Å². The Morgan fingerprint density at radius 2 is 2.12 bits per heavy atom. The van der Waals surface area contributed by atoms with Gasteiger partial charge >= 0.3 is 6.09 Å². The lowest BCUT2D eigenvalue weighted by molar-refractivity contribution is 0.00812. The zero-order chi connectivity index (χ0) is 17.6. The van der Waals surface area contributed by atoms with Gasteiger partial charge in [0.2, 0.25) is 0 Å². The average molecular weight is 462 g/mol. The number of rotatable bonds is 2. The van der Waals surface area contributed by atoms with Crippen LogP contribution in [0.3, 0.4) is 0 Å². The second-order valence-corrected chi connectivity index (χ2v) is 8.83. The van der Waals surface area contributed by atoms with E-state index < -0.39 is 5.60 Å². The third kappa shape index (κ3) is 3.49. The molecule has 3 rings (SSSR count). The van der Waals surface area contributed by atoms with Crippen LogP contribution >= 0.6 is 34.2 Å². The van der Waals surface area contributed by atoms with Gasteiger partial charge in [0, 0.05) is 40.5 Å². The standard InChI is InChI=1S/C17H21ClIN3O2/c1-17(2,3)24-16(23)21(4)10-5-11(6-10)22-9-13(19)12-8-20-15(18)7-14(12)22/h7-11H,5-6H2,1-4H3. The van der Waals surface area contributed by atoms with Gasteiger partial charge in [0.05, 0.1) is 5.52 Å². The summed E-state index contributed by atoms with van der Waals surface area (Å²) in [4.78, 5) is 18.0. The fraction of sp³-hybridized carbons (Fsp3) is 0.529. The van der Waals surface area contributed by atoms with E-state index in [-0.39, 0.29) is 12.1 Å². The molecule has 2 aromatic heterocycles. The summed E-state index contributed by atoms with van der Waals surface area (Å²) in [6.45, 7) is 5.65. The monoisotopic (exact) mass is 461 g/mol. The Balaban J connectivity index is 1.71. The van der Waals surface area contributed by atoms with Crippen molar-refractivity contribution in [3.63, 3.8) is 0 Å². The van der Waals surface area contributed by atoms with Gasteiger partial charge in [0.1, 0.15) is 10.8 Å². The Hall–Kier alpha value is -1.02. The first kappa shape index (κ1) is 17.8. The molecule has 0 saturated heterocycles. The van der Waals surface area contributed by atoms with Gasteiger partial charge in [0.15, 0.2) is 0 Å². The molecule has 1 aliphatic carbocycles. The molecular formula is C17H21ClIN3O2. The molecule has 0 N–H and O–H groups in total. The molecule has 0 radical (unpaired) electrons. The highest BCUT2D eigenvalue weighted by atomic mass is 127. The molecule has 0 aliphatic heterocycles. The van der Waals surface area contributed by atoms with Crippen molar-refractivity contribution in [3.8, 4) is 0 Å². The van der Waals surface area contributed by atoms with Gasteiger partial charge in [-0.3, -0.25) is 0 Å². The first-order valence-electron chi connectivity index (χ1n) is 7.93. The van der Waals surface area contributed by atoms with E-state index in [4.69, 9.17) is 16.3 Å². The molecule has 0 spiro atoms. The molecule has 1 fully saturated rings. The van der Waals surface area contributed by atoms with Crippen LogP contribution in [0, 0.1) is 3.57 Å². The minimum absolute atomic E-state index is 0.206. The summed E-state index contributed by atoms with van der Waals surface area (Å²) in [6.07, 6.45) is 5.52. The Labute approximate surface area is 160 Å². The predicted molar refractivity (Wildman–Crippen MR) is 104 cm³/mol. The molecule has 0 aromatic carbocycles. The maximum atomic E-state index is 12.2. The quantitative estimate of drug-likeness (QED) is 0.474. The van der Waals surface area contributed by atoms with Gasteiger partial charge in [-0.1, -0.05) is 11.6 Å². The van der Waals surface area contributed by atoms with E-state index in [1.165, 1.54) is 0 Å². The molecule has 5 nitrogen and oxygen atoms in total. The van der Waals surface area contributed by atoms with Crippen molar-refractivity contribution in [3.05, 3.63) is 27.2 Å². The number of hydrogen-bond acceptors (Lipinski definition) is 3. The second kappa shape index (κ2) is 6.37. The van der Waals surface area contributed by atoms with Crippen LogP contribution in [0.1, 0.15) is 39.7 Å². The van der Waals surface area contributed by atoms with E-state index in [1.807, 2.05) is 40.1 Å². The third-order valence-electron chi connectivity index (χ3n) is 4.35. The summed E-state index contributed by atoms with van der Waals surface area (Å²) in [7, 11) is 1.81. The third-order valence-corrected chi connectivity index (χ3v) is 5.41. The fourth-order valence-corrected chi connectivity index (χ4v) is 3.83. The van der Waals surface area contributed by atoms with Crippen molar-refractivity contribution in [2.75, 3.05) is 7.05 Å². The van der Waals surface area contributed by atoms with Crippen molar-refractivity contribution >= 4 is 51.2 Å². The van der Waals surface area contributed by atoms with Crippen molar-refractivity contribution in [2.24, 2.45) is 0 Å². The molecule has 2 heterocycles. The molecule has 1 aliphatic rings. The van der Waals surface area contributed by atoms with E-state index in [0.717, 1.165) is 27.3 Å². The number of halogens is 2. The first-order valence-corrected chi connectivity index (χ1v) is 9.39. The molecule has 7 heteroatoms. The SMILES string of the molecule is CN(C(=O)OC(C)(C)C)C1CC(n2cc(I)c3cnc(Cl)cc32)C1. The molecule has 1 amide bonds. The summed E-state index contributed by atoms with van der Waals surface area (Å²) < 4.78 is 8.86. The molecular weight excluding hydrogens is 441 g/mol. The van der Waals surface area contributed by atoms with Crippen LogP contribution in [-0.4, -0.2) is 39.2 Å².